The number of anilines is 1. The van der Waals surface area contributed by atoms with E-state index in [2.05, 4.69) is 19.1 Å². The molecule has 0 aliphatic heterocycles. The molecule has 0 fully saturated rings. The van der Waals surface area contributed by atoms with E-state index >= 15 is 0 Å². The highest BCUT2D eigenvalue weighted by atomic mass is 19.1. The zero-order chi connectivity index (χ0) is 14.4. The standard InChI is InChI=1S/C17H20FNO/c1-2-3-4-13-5-8-15(9-6-13)20-12-14-7-10-17(19)16(18)11-14/h5-11H,2-4,12,19H2,1H3. The quantitative estimate of drug-likeness (QED) is 0.795. The maximum atomic E-state index is 13.3. The van der Waals surface area contributed by atoms with Gasteiger partial charge in [0.05, 0.1) is 5.69 Å². The Balaban J connectivity index is 1.91. The molecule has 106 valence electrons. The fourth-order valence-electron chi connectivity index (χ4n) is 1.96. The van der Waals surface area contributed by atoms with Gasteiger partial charge in [0.2, 0.25) is 0 Å². The summed E-state index contributed by atoms with van der Waals surface area (Å²) in [6.07, 6.45) is 3.49. The van der Waals surface area contributed by atoms with Crippen molar-refractivity contribution in [2.75, 3.05) is 5.73 Å². The van der Waals surface area contributed by atoms with Crippen molar-refractivity contribution in [2.24, 2.45) is 0 Å². The monoisotopic (exact) mass is 273 g/mol. The molecule has 2 aromatic rings. The van der Waals surface area contributed by atoms with Gasteiger partial charge in [-0.1, -0.05) is 31.5 Å². The van der Waals surface area contributed by atoms with Crippen LogP contribution in [0.25, 0.3) is 0 Å². The topological polar surface area (TPSA) is 35.2 Å². The van der Waals surface area contributed by atoms with Crippen LogP contribution in [-0.2, 0) is 13.0 Å². The van der Waals surface area contributed by atoms with E-state index in [1.54, 1.807) is 12.1 Å². The molecule has 0 amide bonds. The van der Waals surface area contributed by atoms with E-state index in [-0.39, 0.29) is 5.69 Å². The number of unbranched alkanes of at least 4 members (excludes halogenated alkanes) is 1. The van der Waals surface area contributed by atoms with E-state index in [0.29, 0.717) is 6.61 Å². The Hall–Kier alpha value is -2.03. The van der Waals surface area contributed by atoms with Crippen LogP contribution in [0.5, 0.6) is 5.75 Å². The lowest BCUT2D eigenvalue weighted by atomic mass is 10.1. The second kappa shape index (κ2) is 6.94. The zero-order valence-corrected chi connectivity index (χ0v) is 11.7. The van der Waals surface area contributed by atoms with Gasteiger partial charge in [0, 0.05) is 0 Å². The molecule has 0 spiro atoms. The van der Waals surface area contributed by atoms with Gasteiger partial charge in [-0.15, -0.1) is 0 Å². The lowest BCUT2D eigenvalue weighted by Gasteiger charge is -2.08. The zero-order valence-electron chi connectivity index (χ0n) is 11.7. The van der Waals surface area contributed by atoms with Gasteiger partial charge in [-0.3, -0.25) is 0 Å². The first-order valence-electron chi connectivity index (χ1n) is 6.94. The number of halogens is 1. The van der Waals surface area contributed by atoms with E-state index in [1.807, 2.05) is 12.1 Å². The Labute approximate surface area is 119 Å². The average molecular weight is 273 g/mol. The predicted molar refractivity (Wildman–Crippen MR) is 80.2 cm³/mol. The Morgan fingerprint density at radius 3 is 2.40 bits per heavy atom. The Kier molecular flexibility index (Phi) is 4.99. The highest BCUT2D eigenvalue weighted by Crippen LogP contribution is 2.17. The van der Waals surface area contributed by atoms with Crippen molar-refractivity contribution in [3.8, 4) is 5.75 Å². The van der Waals surface area contributed by atoms with Crippen molar-refractivity contribution < 1.29 is 9.13 Å². The molecule has 2 aromatic carbocycles. The summed E-state index contributed by atoms with van der Waals surface area (Å²) in [7, 11) is 0. The van der Waals surface area contributed by atoms with E-state index in [1.165, 1.54) is 24.5 Å². The first-order chi connectivity index (χ1) is 9.69. The number of aryl methyl sites for hydroxylation is 1. The van der Waals surface area contributed by atoms with Gasteiger partial charge < -0.3 is 10.5 Å². The first kappa shape index (κ1) is 14.4. The molecule has 0 saturated carbocycles. The van der Waals surface area contributed by atoms with Crippen molar-refractivity contribution >= 4 is 5.69 Å². The summed E-state index contributed by atoms with van der Waals surface area (Å²) in [6, 6.07) is 12.8. The third-order valence-electron chi connectivity index (χ3n) is 3.21. The third-order valence-corrected chi connectivity index (χ3v) is 3.21. The van der Waals surface area contributed by atoms with E-state index in [0.717, 1.165) is 17.7 Å². The largest absolute Gasteiger partial charge is 0.489 e. The molecule has 0 aliphatic carbocycles. The summed E-state index contributed by atoms with van der Waals surface area (Å²) in [5.74, 6) is 0.392. The fourth-order valence-corrected chi connectivity index (χ4v) is 1.96. The molecule has 3 heteroatoms. The molecular formula is C17H20FNO. The highest BCUT2D eigenvalue weighted by Gasteiger charge is 2.01. The van der Waals surface area contributed by atoms with E-state index in [4.69, 9.17) is 10.5 Å². The number of benzene rings is 2. The molecule has 0 bridgehead atoms. The molecule has 20 heavy (non-hydrogen) atoms. The summed E-state index contributed by atoms with van der Waals surface area (Å²) < 4.78 is 18.9. The Morgan fingerprint density at radius 1 is 1.05 bits per heavy atom. The maximum absolute atomic E-state index is 13.3. The minimum absolute atomic E-state index is 0.161. The van der Waals surface area contributed by atoms with Gasteiger partial charge in [0.1, 0.15) is 18.2 Å². The molecule has 2 N–H and O–H groups in total. The normalized spacial score (nSPS) is 10.5. The number of hydrogen-bond donors (Lipinski definition) is 1. The van der Waals surface area contributed by atoms with Gasteiger partial charge in [-0.2, -0.15) is 0 Å². The summed E-state index contributed by atoms with van der Waals surface area (Å²) >= 11 is 0. The summed E-state index contributed by atoms with van der Waals surface area (Å²) in [6.45, 7) is 2.52. The molecule has 0 unspecified atom stereocenters. The van der Waals surface area contributed by atoms with E-state index in [9.17, 15) is 4.39 Å². The second-order valence-corrected chi connectivity index (χ2v) is 4.89. The van der Waals surface area contributed by atoms with Crippen LogP contribution in [0.1, 0.15) is 30.9 Å². The van der Waals surface area contributed by atoms with Gasteiger partial charge in [0.25, 0.3) is 0 Å². The second-order valence-electron chi connectivity index (χ2n) is 4.89. The third kappa shape index (κ3) is 3.98. The van der Waals surface area contributed by atoms with Crippen LogP contribution in [0, 0.1) is 5.82 Å². The van der Waals surface area contributed by atoms with Crippen LogP contribution in [0.15, 0.2) is 42.5 Å². The lowest BCUT2D eigenvalue weighted by Crippen LogP contribution is -1.98. The molecule has 0 heterocycles. The molecule has 0 atom stereocenters. The molecule has 2 nitrogen and oxygen atoms in total. The summed E-state index contributed by atoms with van der Waals surface area (Å²) in [5.41, 5.74) is 7.69. The minimum Gasteiger partial charge on any atom is -0.489 e. The van der Waals surface area contributed by atoms with Crippen molar-refractivity contribution in [2.45, 2.75) is 32.8 Å². The van der Waals surface area contributed by atoms with Gasteiger partial charge in [0.15, 0.2) is 0 Å². The van der Waals surface area contributed by atoms with Gasteiger partial charge in [-0.25, -0.2) is 4.39 Å². The predicted octanol–water partition coefficient (Wildman–Crippen LogP) is 4.33. The number of nitrogen functional groups attached to an aromatic ring is 1. The first-order valence-corrected chi connectivity index (χ1v) is 6.94. The lowest BCUT2D eigenvalue weighted by molar-refractivity contribution is 0.305. The number of hydrogen-bond acceptors (Lipinski definition) is 2. The van der Waals surface area contributed by atoms with Crippen molar-refractivity contribution in [1.82, 2.24) is 0 Å². The van der Waals surface area contributed by atoms with Crippen LogP contribution < -0.4 is 10.5 Å². The minimum atomic E-state index is -0.402. The van der Waals surface area contributed by atoms with Crippen molar-refractivity contribution in [3.63, 3.8) is 0 Å². The number of nitrogens with two attached hydrogens (primary N) is 1. The van der Waals surface area contributed by atoms with Gasteiger partial charge in [-0.05, 0) is 48.2 Å². The Morgan fingerprint density at radius 2 is 1.75 bits per heavy atom. The SMILES string of the molecule is CCCCc1ccc(OCc2ccc(N)c(F)c2)cc1. The smallest absolute Gasteiger partial charge is 0.146 e. The molecule has 0 radical (unpaired) electrons. The Bertz CT molecular complexity index is 551. The van der Waals surface area contributed by atoms with E-state index < -0.39 is 5.82 Å². The van der Waals surface area contributed by atoms with Crippen LogP contribution in [0.4, 0.5) is 10.1 Å². The molecule has 0 saturated heterocycles. The molecule has 0 aliphatic rings. The molecule has 0 aromatic heterocycles. The fraction of sp³-hybridized carbons (Fsp3) is 0.294. The van der Waals surface area contributed by atoms with Crippen LogP contribution in [-0.4, -0.2) is 0 Å². The number of rotatable bonds is 6. The van der Waals surface area contributed by atoms with Crippen molar-refractivity contribution in [1.29, 1.82) is 0 Å². The van der Waals surface area contributed by atoms with Crippen LogP contribution in [0.3, 0.4) is 0 Å². The average Bonchev–Trinajstić information content (AvgIpc) is 2.47. The molecular weight excluding hydrogens is 253 g/mol. The highest BCUT2D eigenvalue weighted by molar-refractivity contribution is 5.41. The summed E-state index contributed by atoms with van der Waals surface area (Å²) in [4.78, 5) is 0. The maximum Gasteiger partial charge on any atom is 0.146 e. The molecule has 2 rings (SSSR count). The van der Waals surface area contributed by atoms with Crippen molar-refractivity contribution in [3.05, 3.63) is 59.4 Å². The number of ether oxygens (including phenoxy) is 1. The van der Waals surface area contributed by atoms with Crippen LogP contribution in [0.2, 0.25) is 0 Å². The van der Waals surface area contributed by atoms with Crippen LogP contribution >= 0.6 is 0 Å². The summed E-state index contributed by atoms with van der Waals surface area (Å²) in [5, 5.41) is 0. The van der Waals surface area contributed by atoms with Gasteiger partial charge >= 0.3 is 0 Å².